The molecule has 1 heterocycles. The maximum atomic E-state index is 13.0. The van der Waals surface area contributed by atoms with Gasteiger partial charge in [-0.15, -0.1) is 0 Å². The summed E-state index contributed by atoms with van der Waals surface area (Å²) in [6.45, 7) is 1.52. The number of hydrogen-bond donors (Lipinski definition) is 2. The smallest absolute Gasteiger partial charge is 0.335 e. The Bertz CT molecular complexity index is 1380. The van der Waals surface area contributed by atoms with Gasteiger partial charge in [0.1, 0.15) is 5.57 Å². The number of aryl methyl sites for hydroxylation is 1. The molecule has 0 spiro atoms. The van der Waals surface area contributed by atoms with Crippen molar-refractivity contribution in [3.63, 3.8) is 0 Å². The molecule has 0 aromatic heterocycles. The van der Waals surface area contributed by atoms with E-state index >= 15 is 0 Å². The molecule has 0 unspecified atom stereocenters. The Labute approximate surface area is 216 Å². The summed E-state index contributed by atoms with van der Waals surface area (Å²) < 4.78 is 5.52. The van der Waals surface area contributed by atoms with Crippen LogP contribution in [0.25, 0.3) is 6.08 Å². The van der Waals surface area contributed by atoms with Crippen molar-refractivity contribution in [3.05, 3.63) is 93.5 Å². The van der Waals surface area contributed by atoms with Crippen molar-refractivity contribution in [3.8, 4) is 5.75 Å². The van der Waals surface area contributed by atoms with Crippen molar-refractivity contribution in [2.24, 2.45) is 0 Å². The van der Waals surface area contributed by atoms with E-state index in [-0.39, 0.29) is 28.0 Å². The molecule has 3 aromatic rings. The fourth-order valence-electron chi connectivity index (χ4n) is 3.47. The number of para-hydroxylation sites is 2. The normalized spacial score (nSPS) is 14.6. The molecule has 5 amide bonds. The zero-order valence-electron chi connectivity index (χ0n) is 18.9. The fraction of sp³-hybridized carbons (Fsp3) is 0.0769. The number of ether oxygens (including phenoxy) is 1. The van der Waals surface area contributed by atoms with Crippen molar-refractivity contribution in [2.45, 2.75) is 6.92 Å². The van der Waals surface area contributed by atoms with E-state index in [1.54, 1.807) is 42.5 Å². The summed E-state index contributed by atoms with van der Waals surface area (Å²) in [7, 11) is 0. The first kappa shape index (κ1) is 25.0. The number of anilines is 2. The van der Waals surface area contributed by atoms with Gasteiger partial charge >= 0.3 is 6.03 Å². The molecule has 0 saturated carbocycles. The Morgan fingerprint density at radius 1 is 1.00 bits per heavy atom. The van der Waals surface area contributed by atoms with Gasteiger partial charge in [0.05, 0.1) is 15.7 Å². The number of imide groups is 2. The number of rotatable bonds is 6. The molecular formula is C26H19Cl2N3O5. The molecule has 4 rings (SSSR count). The number of hydrogen-bond acceptors (Lipinski definition) is 5. The molecule has 0 radical (unpaired) electrons. The van der Waals surface area contributed by atoms with E-state index in [9.17, 15) is 19.2 Å². The minimum absolute atomic E-state index is 0.0673. The third-order valence-corrected chi connectivity index (χ3v) is 5.78. The van der Waals surface area contributed by atoms with Gasteiger partial charge in [0.2, 0.25) is 0 Å². The third kappa shape index (κ3) is 5.40. The first-order chi connectivity index (χ1) is 17.2. The van der Waals surface area contributed by atoms with Crippen LogP contribution in [0.15, 0.2) is 72.3 Å². The monoisotopic (exact) mass is 523 g/mol. The van der Waals surface area contributed by atoms with Crippen molar-refractivity contribution >= 4 is 64.4 Å². The molecular weight excluding hydrogens is 505 g/mol. The number of halogens is 2. The molecule has 8 nitrogen and oxygen atoms in total. The van der Waals surface area contributed by atoms with Crippen molar-refractivity contribution in [2.75, 3.05) is 16.8 Å². The maximum absolute atomic E-state index is 13.0. The van der Waals surface area contributed by atoms with Crippen LogP contribution in [0.5, 0.6) is 5.75 Å². The van der Waals surface area contributed by atoms with Crippen molar-refractivity contribution in [1.82, 2.24) is 5.32 Å². The predicted molar refractivity (Wildman–Crippen MR) is 137 cm³/mol. The Morgan fingerprint density at radius 2 is 1.64 bits per heavy atom. The number of nitrogens with zero attached hydrogens (tertiary/aromatic N) is 1. The van der Waals surface area contributed by atoms with Gasteiger partial charge in [0.25, 0.3) is 17.7 Å². The van der Waals surface area contributed by atoms with Crippen LogP contribution < -0.4 is 20.3 Å². The highest BCUT2D eigenvalue weighted by atomic mass is 35.5. The fourth-order valence-corrected chi connectivity index (χ4v) is 4.09. The third-order valence-electron chi connectivity index (χ3n) is 5.21. The average Bonchev–Trinajstić information content (AvgIpc) is 2.83. The van der Waals surface area contributed by atoms with Gasteiger partial charge in [-0.2, -0.15) is 0 Å². The molecule has 3 aromatic carbocycles. The largest absolute Gasteiger partial charge is 0.481 e. The summed E-state index contributed by atoms with van der Waals surface area (Å²) in [6.07, 6.45) is 1.27. The number of urea groups is 1. The summed E-state index contributed by atoms with van der Waals surface area (Å²) in [6, 6.07) is 17.5. The SMILES string of the molecule is Cc1ccccc1NC(=O)COc1c(Cl)cc(/C=C2/C(=O)NC(=O)N(c3ccccc3)C2=O)cc1Cl. The molecule has 0 atom stereocenters. The number of nitrogens with one attached hydrogen (secondary N) is 2. The Kier molecular flexibility index (Phi) is 7.38. The molecule has 0 bridgehead atoms. The van der Waals surface area contributed by atoms with Crippen LogP contribution in [0, 0.1) is 6.92 Å². The van der Waals surface area contributed by atoms with Crippen molar-refractivity contribution in [1.29, 1.82) is 0 Å². The van der Waals surface area contributed by atoms with E-state index in [1.807, 2.05) is 19.1 Å². The molecule has 36 heavy (non-hydrogen) atoms. The highest BCUT2D eigenvalue weighted by Crippen LogP contribution is 2.35. The second-order valence-corrected chi connectivity index (χ2v) is 8.57. The van der Waals surface area contributed by atoms with Crippen LogP contribution in [0.2, 0.25) is 10.0 Å². The first-order valence-electron chi connectivity index (χ1n) is 10.7. The van der Waals surface area contributed by atoms with Gasteiger partial charge in [-0.25, -0.2) is 9.69 Å². The molecule has 182 valence electrons. The van der Waals surface area contributed by atoms with E-state index in [0.29, 0.717) is 16.9 Å². The summed E-state index contributed by atoms with van der Waals surface area (Å²) in [5.74, 6) is -1.98. The summed E-state index contributed by atoms with van der Waals surface area (Å²) in [5.41, 5.74) is 1.90. The molecule has 1 aliphatic rings. The number of carbonyl (C=O) groups is 4. The van der Waals surface area contributed by atoms with E-state index < -0.39 is 23.8 Å². The lowest BCUT2D eigenvalue weighted by Gasteiger charge is -2.26. The Morgan fingerprint density at radius 3 is 2.31 bits per heavy atom. The Hall–Kier alpha value is -4.14. The van der Waals surface area contributed by atoms with E-state index in [1.165, 1.54) is 18.2 Å². The van der Waals surface area contributed by atoms with Crippen LogP contribution in [-0.4, -0.2) is 30.4 Å². The second-order valence-electron chi connectivity index (χ2n) is 7.76. The second kappa shape index (κ2) is 10.6. The van der Waals surface area contributed by atoms with E-state index in [2.05, 4.69) is 10.6 Å². The topological polar surface area (TPSA) is 105 Å². The molecule has 0 aliphatic carbocycles. The quantitative estimate of drug-likeness (QED) is 0.350. The van der Waals surface area contributed by atoms with Gasteiger partial charge in [0, 0.05) is 5.69 Å². The number of barbiturate groups is 1. The summed E-state index contributed by atoms with van der Waals surface area (Å²) >= 11 is 12.6. The minimum Gasteiger partial charge on any atom is -0.481 e. The summed E-state index contributed by atoms with van der Waals surface area (Å²) in [4.78, 5) is 50.8. The molecule has 1 saturated heterocycles. The van der Waals surface area contributed by atoms with Crippen LogP contribution in [-0.2, 0) is 14.4 Å². The highest BCUT2D eigenvalue weighted by Gasteiger charge is 2.36. The lowest BCUT2D eigenvalue weighted by Crippen LogP contribution is -2.54. The van der Waals surface area contributed by atoms with Gasteiger partial charge in [-0.05, 0) is 54.5 Å². The standard InChI is InChI=1S/C26H19Cl2N3O5/c1-15-7-5-6-10-21(15)29-22(32)14-36-23-19(27)12-16(13-20(23)28)11-18-24(33)30-26(35)31(25(18)34)17-8-3-2-4-9-17/h2-13H,14H2,1H3,(H,29,32)(H,30,33,35)/b18-11-. The molecule has 2 N–H and O–H groups in total. The van der Waals surface area contributed by atoms with Gasteiger partial charge < -0.3 is 10.1 Å². The van der Waals surface area contributed by atoms with Crippen LogP contribution in [0.3, 0.4) is 0 Å². The molecule has 10 heteroatoms. The number of amides is 5. The Balaban J connectivity index is 1.52. The number of benzene rings is 3. The molecule has 1 aliphatic heterocycles. The van der Waals surface area contributed by atoms with Crippen LogP contribution >= 0.6 is 23.2 Å². The van der Waals surface area contributed by atoms with Crippen molar-refractivity contribution < 1.29 is 23.9 Å². The molecule has 1 fully saturated rings. The van der Waals surface area contributed by atoms with Gasteiger partial charge in [-0.1, -0.05) is 59.6 Å². The minimum atomic E-state index is -0.850. The number of carbonyl (C=O) groups excluding carboxylic acids is 4. The highest BCUT2D eigenvalue weighted by molar-refractivity contribution is 6.40. The first-order valence-corrected chi connectivity index (χ1v) is 11.4. The lowest BCUT2D eigenvalue weighted by molar-refractivity contribution is -0.122. The van der Waals surface area contributed by atoms with Gasteiger partial charge in [0.15, 0.2) is 12.4 Å². The maximum Gasteiger partial charge on any atom is 0.335 e. The van der Waals surface area contributed by atoms with Gasteiger partial charge in [-0.3, -0.25) is 19.7 Å². The van der Waals surface area contributed by atoms with E-state index in [0.717, 1.165) is 10.5 Å². The van der Waals surface area contributed by atoms with E-state index in [4.69, 9.17) is 27.9 Å². The van der Waals surface area contributed by atoms with Crippen LogP contribution in [0.1, 0.15) is 11.1 Å². The predicted octanol–water partition coefficient (Wildman–Crippen LogP) is 4.99. The lowest BCUT2D eigenvalue weighted by atomic mass is 10.1. The average molecular weight is 524 g/mol. The zero-order chi connectivity index (χ0) is 25.8. The van der Waals surface area contributed by atoms with Crippen LogP contribution in [0.4, 0.5) is 16.2 Å². The summed E-state index contributed by atoms with van der Waals surface area (Å²) in [5, 5.41) is 5.03. The zero-order valence-corrected chi connectivity index (χ0v) is 20.4.